The number of nitrogens with zero attached hydrogens (tertiary/aromatic N) is 5. The van der Waals surface area contributed by atoms with Crippen molar-refractivity contribution in [2.24, 2.45) is 0 Å². The molecule has 0 bridgehead atoms. The van der Waals surface area contributed by atoms with Crippen LogP contribution in [0.25, 0.3) is 0 Å². The van der Waals surface area contributed by atoms with E-state index in [2.05, 4.69) is 21.8 Å². The van der Waals surface area contributed by atoms with Crippen LogP contribution >= 0.6 is 0 Å². The van der Waals surface area contributed by atoms with Crippen molar-refractivity contribution in [3.63, 3.8) is 0 Å². The Bertz CT molecular complexity index is 620. The van der Waals surface area contributed by atoms with Gasteiger partial charge < -0.3 is 24.3 Å². The summed E-state index contributed by atoms with van der Waals surface area (Å²) >= 11 is 0. The summed E-state index contributed by atoms with van der Waals surface area (Å²) in [5.41, 5.74) is 0.628. The van der Waals surface area contributed by atoms with Crippen LogP contribution in [-0.4, -0.2) is 97.7 Å². The second-order valence-electron chi connectivity index (χ2n) is 6.67. The molecule has 0 N–H and O–H groups in total. The van der Waals surface area contributed by atoms with Gasteiger partial charge in [0.2, 0.25) is 0 Å². The largest absolute Gasteiger partial charge is 0.450 e. The number of rotatable bonds is 3. The maximum absolute atomic E-state index is 12.6. The Morgan fingerprint density at radius 1 is 1.00 bits per heavy atom. The summed E-state index contributed by atoms with van der Waals surface area (Å²) in [4.78, 5) is 36.7. The fourth-order valence-corrected chi connectivity index (χ4v) is 3.22. The lowest BCUT2D eigenvalue weighted by Crippen LogP contribution is -2.49. The van der Waals surface area contributed by atoms with Gasteiger partial charge in [0.15, 0.2) is 0 Å². The molecule has 2 aliphatic rings. The van der Waals surface area contributed by atoms with Crippen LogP contribution in [0.15, 0.2) is 18.3 Å². The van der Waals surface area contributed by atoms with Gasteiger partial charge in [-0.05, 0) is 26.1 Å². The van der Waals surface area contributed by atoms with E-state index in [-0.39, 0.29) is 12.0 Å². The average Bonchev–Trinajstić information content (AvgIpc) is 2.68. The number of hydrogen-bond donors (Lipinski definition) is 0. The van der Waals surface area contributed by atoms with Crippen LogP contribution in [0.5, 0.6) is 0 Å². The van der Waals surface area contributed by atoms with Crippen molar-refractivity contribution in [2.75, 3.05) is 70.9 Å². The molecular formula is C18H27N5O3. The molecule has 0 aromatic carbocycles. The van der Waals surface area contributed by atoms with Crippen molar-refractivity contribution in [3.8, 4) is 0 Å². The van der Waals surface area contributed by atoms with Gasteiger partial charge in [-0.3, -0.25) is 4.79 Å². The number of pyridine rings is 1. The first-order chi connectivity index (χ1) is 12.6. The predicted octanol–water partition coefficient (Wildman–Crippen LogP) is 0.748. The van der Waals surface area contributed by atoms with Gasteiger partial charge in [-0.2, -0.15) is 0 Å². The van der Waals surface area contributed by atoms with Gasteiger partial charge in [0.25, 0.3) is 5.91 Å². The fourth-order valence-electron chi connectivity index (χ4n) is 3.22. The van der Waals surface area contributed by atoms with Gasteiger partial charge in [0, 0.05) is 58.6 Å². The Morgan fingerprint density at radius 3 is 2.23 bits per heavy atom. The Kier molecular flexibility index (Phi) is 5.92. The maximum atomic E-state index is 12.6. The number of ether oxygens (including phenoxy) is 1. The van der Waals surface area contributed by atoms with Crippen LogP contribution < -0.4 is 4.90 Å². The molecule has 2 fully saturated rings. The second-order valence-corrected chi connectivity index (χ2v) is 6.67. The van der Waals surface area contributed by atoms with Crippen molar-refractivity contribution < 1.29 is 14.3 Å². The molecule has 0 saturated carbocycles. The maximum Gasteiger partial charge on any atom is 0.409 e. The third-order valence-electron chi connectivity index (χ3n) is 4.91. The molecular weight excluding hydrogens is 334 g/mol. The van der Waals surface area contributed by atoms with Crippen LogP contribution in [-0.2, 0) is 4.74 Å². The molecule has 0 unspecified atom stereocenters. The first kappa shape index (κ1) is 18.4. The summed E-state index contributed by atoms with van der Waals surface area (Å²) in [6, 6.07) is 3.74. The molecule has 8 nitrogen and oxygen atoms in total. The number of carbonyl (C=O) groups excluding carboxylic acids is 2. The molecule has 3 heterocycles. The molecule has 0 aliphatic carbocycles. The van der Waals surface area contributed by atoms with Gasteiger partial charge in [0.05, 0.1) is 12.2 Å². The topological polar surface area (TPSA) is 69.2 Å². The molecule has 0 atom stereocenters. The lowest BCUT2D eigenvalue weighted by Gasteiger charge is -2.35. The smallest absolute Gasteiger partial charge is 0.409 e. The van der Waals surface area contributed by atoms with E-state index < -0.39 is 0 Å². The summed E-state index contributed by atoms with van der Waals surface area (Å²) in [5.74, 6) is 0.882. The zero-order chi connectivity index (χ0) is 18.5. The molecule has 1 aromatic heterocycles. The molecule has 1 aromatic rings. The lowest BCUT2D eigenvalue weighted by molar-refractivity contribution is 0.0663. The van der Waals surface area contributed by atoms with E-state index in [1.165, 1.54) is 0 Å². The van der Waals surface area contributed by atoms with Crippen LogP contribution in [0, 0.1) is 0 Å². The normalized spacial score (nSPS) is 18.8. The third kappa shape index (κ3) is 4.24. The first-order valence-electron chi connectivity index (χ1n) is 9.19. The van der Waals surface area contributed by atoms with E-state index in [9.17, 15) is 9.59 Å². The first-order valence-corrected chi connectivity index (χ1v) is 9.19. The number of carbonyl (C=O) groups is 2. The molecule has 8 heteroatoms. The predicted molar refractivity (Wildman–Crippen MR) is 98.4 cm³/mol. The Labute approximate surface area is 154 Å². The molecule has 2 aliphatic heterocycles. The minimum Gasteiger partial charge on any atom is -0.450 e. The van der Waals surface area contributed by atoms with Gasteiger partial charge in [-0.1, -0.05) is 0 Å². The minimum absolute atomic E-state index is 0.0456. The quantitative estimate of drug-likeness (QED) is 0.791. The molecule has 3 rings (SSSR count). The van der Waals surface area contributed by atoms with Gasteiger partial charge in [-0.15, -0.1) is 0 Å². The SMILES string of the molecule is CCOC(=O)N1CCN(c2ccc(C(=O)N3CCN(C)CC3)cn2)CC1. The Morgan fingerprint density at radius 2 is 1.65 bits per heavy atom. The average molecular weight is 361 g/mol. The van der Waals surface area contributed by atoms with Crippen molar-refractivity contribution >= 4 is 17.8 Å². The van der Waals surface area contributed by atoms with Gasteiger partial charge in [-0.25, -0.2) is 9.78 Å². The monoisotopic (exact) mass is 361 g/mol. The Balaban J connectivity index is 1.55. The van der Waals surface area contributed by atoms with Crippen LogP contribution in [0.4, 0.5) is 10.6 Å². The van der Waals surface area contributed by atoms with E-state index in [0.29, 0.717) is 38.3 Å². The molecule has 26 heavy (non-hydrogen) atoms. The van der Waals surface area contributed by atoms with Crippen molar-refractivity contribution in [1.82, 2.24) is 19.7 Å². The number of aromatic nitrogens is 1. The van der Waals surface area contributed by atoms with E-state index in [4.69, 9.17) is 4.74 Å². The van der Waals surface area contributed by atoms with Crippen LogP contribution in [0.3, 0.4) is 0 Å². The van der Waals surface area contributed by atoms with Crippen molar-refractivity contribution in [1.29, 1.82) is 0 Å². The number of anilines is 1. The summed E-state index contributed by atoms with van der Waals surface area (Å²) in [6.07, 6.45) is 1.40. The summed E-state index contributed by atoms with van der Waals surface area (Å²) in [6.45, 7) is 8.16. The van der Waals surface area contributed by atoms with Crippen molar-refractivity contribution in [2.45, 2.75) is 6.92 Å². The third-order valence-corrected chi connectivity index (χ3v) is 4.91. The zero-order valence-electron chi connectivity index (χ0n) is 15.6. The highest BCUT2D eigenvalue weighted by molar-refractivity contribution is 5.94. The van der Waals surface area contributed by atoms with E-state index in [1.807, 2.05) is 24.0 Å². The molecule has 2 amide bonds. The number of likely N-dealkylation sites (N-methyl/N-ethyl adjacent to an activating group) is 1. The number of amides is 2. The van der Waals surface area contributed by atoms with Crippen LogP contribution in [0.1, 0.15) is 17.3 Å². The fraction of sp³-hybridized carbons (Fsp3) is 0.611. The van der Waals surface area contributed by atoms with E-state index >= 15 is 0 Å². The lowest BCUT2D eigenvalue weighted by atomic mass is 10.2. The zero-order valence-corrected chi connectivity index (χ0v) is 15.6. The number of piperazine rings is 2. The van der Waals surface area contributed by atoms with E-state index in [0.717, 1.165) is 32.0 Å². The molecule has 2 saturated heterocycles. The van der Waals surface area contributed by atoms with E-state index in [1.54, 1.807) is 11.1 Å². The highest BCUT2D eigenvalue weighted by Crippen LogP contribution is 2.16. The van der Waals surface area contributed by atoms with Gasteiger partial charge >= 0.3 is 6.09 Å². The van der Waals surface area contributed by atoms with Gasteiger partial charge in [0.1, 0.15) is 5.82 Å². The molecule has 142 valence electrons. The summed E-state index contributed by atoms with van der Waals surface area (Å²) in [5, 5.41) is 0. The minimum atomic E-state index is -0.256. The molecule has 0 spiro atoms. The number of hydrogen-bond acceptors (Lipinski definition) is 6. The second kappa shape index (κ2) is 8.35. The summed E-state index contributed by atoms with van der Waals surface area (Å²) < 4.78 is 5.04. The standard InChI is InChI=1S/C18H27N5O3/c1-3-26-18(25)23-12-10-21(11-13-23)16-5-4-15(14-19-16)17(24)22-8-6-20(2)7-9-22/h4-5,14H,3,6-13H2,1-2H3. The highest BCUT2D eigenvalue weighted by atomic mass is 16.6. The summed E-state index contributed by atoms with van der Waals surface area (Å²) in [7, 11) is 2.07. The van der Waals surface area contributed by atoms with Crippen molar-refractivity contribution in [3.05, 3.63) is 23.9 Å². The molecule has 0 radical (unpaired) electrons. The van der Waals surface area contributed by atoms with Crippen LogP contribution in [0.2, 0.25) is 0 Å². The highest BCUT2D eigenvalue weighted by Gasteiger charge is 2.24. The Hall–Kier alpha value is -2.35.